The molecule has 0 fully saturated rings. The van der Waals surface area contributed by atoms with E-state index >= 15 is 0 Å². The highest BCUT2D eigenvalue weighted by Gasteiger charge is 2.28. The predicted octanol–water partition coefficient (Wildman–Crippen LogP) is 5.69. The Kier molecular flexibility index (Phi) is 6.75. The summed E-state index contributed by atoms with van der Waals surface area (Å²) in [5, 5.41) is 6.34. The van der Waals surface area contributed by atoms with Gasteiger partial charge in [0, 0.05) is 24.7 Å². The summed E-state index contributed by atoms with van der Waals surface area (Å²) < 4.78 is 5.80. The fourth-order valence-corrected chi connectivity index (χ4v) is 3.82. The average Bonchev–Trinajstić information content (AvgIpc) is 3.41. The summed E-state index contributed by atoms with van der Waals surface area (Å²) >= 11 is 1.48. The quantitative estimate of drug-likeness (QED) is 0.478. The third-order valence-electron chi connectivity index (χ3n) is 5.35. The summed E-state index contributed by atoms with van der Waals surface area (Å²) in [5.74, 6) is 0.763. The van der Waals surface area contributed by atoms with E-state index in [9.17, 15) is 4.79 Å². The first-order valence-electron chi connectivity index (χ1n) is 10.0. The highest BCUT2D eigenvalue weighted by atomic mass is 32.1. The van der Waals surface area contributed by atoms with Crippen molar-refractivity contribution in [2.75, 3.05) is 11.9 Å². The van der Waals surface area contributed by atoms with Crippen LogP contribution in [-0.4, -0.2) is 35.1 Å². The molecule has 1 amide bonds. The van der Waals surface area contributed by atoms with Crippen molar-refractivity contribution < 1.29 is 9.32 Å². The standard InChI is InChI=1S/C23H29N3O2S/c1-6-17(4)26(22(27)20-13-10-14-29-20)15-19-21(18-11-8-7-9-12-18)24-28-23(19)25(5)16(2)3/h7-14,16-17H,6,15H2,1-5H3/t17-/m1/s1. The van der Waals surface area contributed by atoms with Crippen LogP contribution in [0.4, 0.5) is 5.88 Å². The number of nitrogens with zero attached hydrogens (tertiary/aromatic N) is 3. The molecule has 0 aliphatic carbocycles. The van der Waals surface area contributed by atoms with E-state index in [1.165, 1.54) is 11.3 Å². The molecule has 0 unspecified atom stereocenters. The Morgan fingerprint density at radius 3 is 2.45 bits per heavy atom. The van der Waals surface area contributed by atoms with Crippen LogP contribution in [0, 0.1) is 0 Å². The SMILES string of the molecule is CC[C@@H](C)N(Cc1c(-c2ccccc2)noc1N(C)C(C)C)C(=O)c1cccs1. The van der Waals surface area contributed by atoms with Gasteiger partial charge in [0.1, 0.15) is 5.69 Å². The minimum Gasteiger partial charge on any atom is -0.341 e. The Labute approximate surface area is 176 Å². The van der Waals surface area contributed by atoms with Gasteiger partial charge < -0.3 is 14.3 Å². The lowest BCUT2D eigenvalue weighted by Gasteiger charge is -2.29. The number of carbonyl (C=O) groups excluding carboxylic acids is 1. The van der Waals surface area contributed by atoms with Gasteiger partial charge >= 0.3 is 0 Å². The van der Waals surface area contributed by atoms with E-state index < -0.39 is 0 Å². The first-order valence-corrected chi connectivity index (χ1v) is 10.9. The number of anilines is 1. The molecule has 0 aliphatic rings. The molecule has 29 heavy (non-hydrogen) atoms. The van der Waals surface area contributed by atoms with Crippen LogP contribution in [0.15, 0.2) is 52.4 Å². The van der Waals surface area contributed by atoms with Crippen LogP contribution >= 0.6 is 11.3 Å². The van der Waals surface area contributed by atoms with Gasteiger partial charge in [-0.25, -0.2) is 0 Å². The lowest BCUT2D eigenvalue weighted by atomic mass is 10.1. The van der Waals surface area contributed by atoms with Crippen LogP contribution in [-0.2, 0) is 6.54 Å². The first kappa shape index (κ1) is 21.1. The van der Waals surface area contributed by atoms with E-state index in [-0.39, 0.29) is 18.0 Å². The monoisotopic (exact) mass is 411 g/mol. The van der Waals surface area contributed by atoms with Crippen LogP contribution in [0.2, 0.25) is 0 Å². The molecule has 0 bridgehead atoms. The number of thiophene rings is 1. The van der Waals surface area contributed by atoms with Crippen LogP contribution < -0.4 is 4.90 Å². The molecule has 3 rings (SSSR count). The largest absolute Gasteiger partial charge is 0.341 e. The van der Waals surface area contributed by atoms with Crippen molar-refractivity contribution in [3.63, 3.8) is 0 Å². The normalized spacial score (nSPS) is 12.2. The lowest BCUT2D eigenvalue weighted by molar-refractivity contribution is 0.0677. The molecule has 3 aromatic rings. The summed E-state index contributed by atoms with van der Waals surface area (Å²) in [5.41, 5.74) is 2.72. The molecule has 154 valence electrons. The molecule has 0 saturated carbocycles. The van der Waals surface area contributed by atoms with Crippen LogP contribution in [0.1, 0.15) is 49.4 Å². The first-order chi connectivity index (χ1) is 13.9. The molecule has 0 saturated heterocycles. The van der Waals surface area contributed by atoms with E-state index in [0.717, 1.165) is 28.1 Å². The van der Waals surface area contributed by atoms with Crippen LogP contribution in [0.5, 0.6) is 0 Å². The van der Waals surface area contributed by atoms with Crippen LogP contribution in [0.3, 0.4) is 0 Å². The average molecular weight is 412 g/mol. The Morgan fingerprint density at radius 1 is 1.14 bits per heavy atom. The zero-order valence-electron chi connectivity index (χ0n) is 17.8. The third-order valence-corrected chi connectivity index (χ3v) is 6.21. The van der Waals surface area contributed by atoms with E-state index in [0.29, 0.717) is 12.4 Å². The maximum Gasteiger partial charge on any atom is 0.264 e. The van der Waals surface area contributed by atoms with Gasteiger partial charge in [0.15, 0.2) is 0 Å². The number of benzene rings is 1. The summed E-state index contributed by atoms with van der Waals surface area (Å²) in [7, 11) is 2.00. The zero-order chi connectivity index (χ0) is 21.0. The van der Waals surface area contributed by atoms with Gasteiger partial charge in [-0.1, -0.05) is 48.5 Å². The van der Waals surface area contributed by atoms with Crippen molar-refractivity contribution >= 4 is 23.1 Å². The molecular formula is C23H29N3O2S. The Hall–Kier alpha value is -2.60. The van der Waals surface area contributed by atoms with Crippen molar-refractivity contribution in [1.29, 1.82) is 0 Å². The Bertz CT molecular complexity index is 919. The van der Waals surface area contributed by atoms with Gasteiger partial charge in [-0.2, -0.15) is 0 Å². The zero-order valence-corrected chi connectivity index (χ0v) is 18.6. The molecule has 0 aliphatic heterocycles. The van der Waals surface area contributed by atoms with Crippen molar-refractivity contribution in [1.82, 2.24) is 10.1 Å². The maximum atomic E-state index is 13.3. The molecule has 1 atom stereocenters. The molecular weight excluding hydrogens is 382 g/mol. The minimum atomic E-state index is 0.0488. The predicted molar refractivity (Wildman–Crippen MR) is 119 cm³/mol. The van der Waals surface area contributed by atoms with Gasteiger partial charge in [-0.3, -0.25) is 4.79 Å². The topological polar surface area (TPSA) is 49.6 Å². The molecule has 2 aromatic heterocycles. The molecule has 2 heterocycles. The van der Waals surface area contributed by atoms with Gasteiger partial charge in [0.2, 0.25) is 5.88 Å². The maximum absolute atomic E-state index is 13.3. The fourth-order valence-electron chi connectivity index (χ4n) is 3.14. The number of rotatable bonds is 8. The second-order valence-electron chi connectivity index (χ2n) is 7.55. The third kappa shape index (κ3) is 4.53. The molecule has 6 heteroatoms. The number of hydrogen-bond acceptors (Lipinski definition) is 5. The highest BCUT2D eigenvalue weighted by Crippen LogP contribution is 2.34. The number of amides is 1. The number of carbonyl (C=O) groups is 1. The summed E-state index contributed by atoms with van der Waals surface area (Å²) in [6, 6.07) is 14.1. The van der Waals surface area contributed by atoms with Crippen LogP contribution in [0.25, 0.3) is 11.3 Å². The second kappa shape index (κ2) is 9.27. The van der Waals surface area contributed by atoms with Gasteiger partial charge in [-0.05, 0) is 38.6 Å². The van der Waals surface area contributed by atoms with Crippen molar-refractivity contribution in [3.05, 3.63) is 58.3 Å². The number of aromatic nitrogens is 1. The Morgan fingerprint density at radius 2 is 1.86 bits per heavy atom. The van der Waals surface area contributed by atoms with Crippen molar-refractivity contribution in [2.24, 2.45) is 0 Å². The molecule has 1 aromatic carbocycles. The molecule has 0 N–H and O–H groups in total. The second-order valence-corrected chi connectivity index (χ2v) is 8.50. The van der Waals surface area contributed by atoms with Crippen molar-refractivity contribution in [3.8, 4) is 11.3 Å². The van der Waals surface area contributed by atoms with Crippen molar-refractivity contribution in [2.45, 2.75) is 52.7 Å². The van der Waals surface area contributed by atoms with E-state index in [1.54, 1.807) is 0 Å². The van der Waals surface area contributed by atoms with Gasteiger partial charge in [0.05, 0.1) is 17.0 Å². The van der Waals surface area contributed by atoms with E-state index in [4.69, 9.17) is 4.52 Å². The van der Waals surface area contributed by atoms with E-state index in [2.05, 4.69) is 37.8 Å². The lowest BCUT2D eigenvalue weighted by Crippen LogP contribution is -2.38. The summed E-state index contributed by atoms with van der Waals surface area (Å²) in [6.07, 6.45) is 0.873. The van der Waals surface area contributed by atoms with E-state index in [1.807, 2.05) is 59.8 Å². The van der Waals surface area contributed by atoms with Gasteiger partial charge in [0.25, 0.3) is 5.91 Å². The summed E-state index contributed by atoms with van der Waals surface area (Å²) in [4.78, 5) is 18.0. The fraction of sp³-hybridized carbons (Fsp3) is 0.391. The highest BCUT2D eigenvalue weighted by molar-refractivity contribution is 7.12. The summed E-state index contributed by atoms with van der Waals surface area (Å²) in [6.45, 7) is 8.86. The van der Waals surface area contributed by atoms with Gasteiger partial charge in [-0.15, -0.1) is 11.3 Å². The molecule has 0 spiro atoms. The number of hydrogen-bond donors (Lipinski definition) is 0. The smallest absolute Gasteiger partial charge is 0.264 e. The Balaban J connectivity index is 2.06. The molecule has 0 radical (unpaired) electrons. The minimum absolute atomic E-state index is 0.0488. The molecule has 5 nitrogen and oxygen atoms in total.